The van der Waals surface area contributed by atoms with Crippen molar-refractivity contribution < 1.29 is 30.8 Å². The summed E-state index contributed by atoms with van der Waals surface area (Å²) in [6, 6.07) is 0.587. The molecule has 0 radical (unpaired) electrons. The van der Waals surface area contributed by atoms with Gasteiger partial charge >= 0.3 is 6.18 Å². The molecule has 1 aromatic rings. The van der Waals surface area contributed by atoms with Crippen LogP contribution in [-0.2, 0) is 16.0 Å². The van der Waals surface area contributed by atoms with Crippen LogP contribution in [0.2, 0.25) is 0 Å². The van der Waals surface area contributed by atoms with E-state index in [2.05, 4.69) is 5.32 Å². The highest BCUT2D eigenvalue weighted by Gasteiger charge is 2.32. The molecular weight excluding hydrogens is 314 g/mol. The number of alkyl halides is 3. The van der Waals surface area contributed by atoms with Gasteiger partial charge in [-0.25, -0.2) is 12.8 Å². The lowest BCUT2D eigenvalue weighted by molar-refractivity contribution is -0.137. The summed E-state index contributed by atoms with van der Waals surface area (Å²) in [6.45, 7) is 1.35. The van der Waals surface area contributed by atoms with Crippen molar-refractivity contribution in [3.63, 3.8) is 0 Å². The van der Waals surface area contributed by atoms with Gasteiger partial charge in [-0.05, 0) is 25.1 Å². The van der Waals surface area contributed by atoms with E-state index in [1.54, 1.807) is 0 Å². The third-order valence-electron chi connectivity index (χ3n) is 2.47. The van der Waals surface area contributed by atoms with Crippen LogP contribution in [0.3, 0.4) is 0 Å². The molecule has 9 heteroatoms. The minimum absolute atomic E-state index is 0.387. The number of carbonyl (C=O) groups excluding carboxylic acids is 1. The highest BCUT2D eigenvalue weighted by molar-refractivity contribution is 7.90. The number of carbonyl (C=O) groups is 1. The quantitative estimate of drug-likeness (QED) is 0.861. The highest BCUT2D eigenvalue weighted by atomic mass is 32.2. The van der Waals surface area contributed by atoms with Crippen molar-refractivity contribution >= 4 is 15.7 Å². The van der Waals surface area contributed by atoms with E-state index in [0.717, 1.165) is 6.26 Å². The van der Waals surface area contributed by atoms with E-state index in [9.17, 15) is 30.8 Å². The van der Waals surface area contributed by atoms with Crippen LogP contribution in [0.4, 0.5) is 17.6 Å². The van der Waals surface area contributed by atoms with Gasteiger partial charge in [0.1, 0.15) is 15.7 Å². The van der Waals surface area contributed by atoms with Crippen molar-refractivity contribution in [2.75, 3.05) is 12.0 Å². The second-order valence-corrected chi connectivity index (χ2v) is 6.84. The Morgan fingerprint density at radius 3 is 2.38 bits per heavy atom. The molecule has 4 nitrogen and oxygen atoms in total. The summed E-state index contributed by atoms with van der Waals surface area (Å²) < 4.78 is 73.1. The van der Waals surface area contributed by atoms with Crippen LogP contribution in [0.5, 0.6) is 0 Å². The molecule has 0 bridgehead atoms. The molecule has 0 aliphatic carbocycles. The zero-order chi connectivity index (χ0) is 16.4. The third-order valence-corrected chi connectivity index (χ3v) is 3.57. The average Bonchev–Trinajstić information content (AvgIpc) is 2.24. The summed E-state index contributed by atoms with van der Waals surface area (Å²) in [5.74, 6) is -2.62. The Morgan fingerprint density at radius 2 is 1.90 bits per heavy atom. The van der Waals surface area contributed by atoms with Crippen LogP contribution in [0.1, 0.15) is 22.8 Å². The van der Waals surface area contributed by atoms with Gasteiger partial charge in [0, 0.05) is 12.3 Å². The molecule has 0 aromatic heterocycles. The van der Waals surface area contributed by atoms with Crippen molar-refractivity contribution in [1.29, 1.82) is 0 Å². The van der Waals surface area contributed by atoms with Gasteiger partial charge in [-0.2, -0.15) is 13.2 Å². The van der Waals surface area contributed by atoms with Gasteiger partial charge in [0.2, 0.25) is 0 Å². The van der Waals surface area contributed by atoms with Crippen LogP contribution in [-0.4, -0.2) is 32.4 Å². The molecule has 0 fully saturated rings. The van der Waals surface area contributed by atoms with Crippen molar-refractivity contribution in [3.05, 3.63) is 35.1 Å². The summed E-state index contributed by atoms with van der Waals surface area (Å²) in [6.07, 6.45) is -3.76. The summed E-state index contributed by atoms with van der Waals surface area (Å²) in [4.78, 5) is 11.7. The first kappa shape index (κ1) is 17.4. The zero-order valence-electron chi connectivity index (χ0n) is 11.2. The topological polar surface area (TPSA) is 63.2 Å². The molecule has 118 valence electrons. The number of rotatable bonds is 4. The fourth-order valence-corrected chi connectivity index (χ4v) is 2.66. The largest absolute Gasteiger partial charge is 0.416 e. The molecule has 0 saturated heterocycles. The van der Waals surface area contributed by atoms with Gasteiger partial charge in [-0.1, -0.05) is 0 Å². The normalized spacial score (nSPS) is 13.8. The molecule has 1 N–H and O–H groups in total. The van der Waals surface area contributed by atoms with Gasteiger partial charge < -0.3 is 5.32 Å². The SMILES string of the molecule is CC(CS(C)(=O)=O)NC(=O)c1cc(C(F)(F)F)ccc1F. The summed E-state index contributed by atoms with van der Waals surface area (Å²) in [5.41, 5.74) is -1.95. The number of hydrogen-bond acceptors (Lipinski definition) is 3. The Kier molecular flexibility index (Phi) is 4.98. The minimum atomic E-state index is -4.71. The van der Waals surface area contributed by atoms with Crippen LogP contribution in [0.25, 0.3) is 0 Å². The van der Waals surface area contributed by atoms with Crippen molar-refractivity contribution in [1.82, 2.24) is 5.32 Å². The van der Waals surface area contributed by atoms with Crippen molar-refractivity contribution in [2.24, 2.45) is 0 Å². The zero-order valence-corrected chi connectivity index (χ0v) is 12.0. The van der Waals surface area contributed by atoms with Gasteiger partial charge in [-0.3, -0.25) is 4.79 Å². The second-order valence-electron chi connectivity index (χ2n) is 4.66. The second kappa shape index (κ2) is 6.00. The summed E-state index contributed by atoms with van der Waals surface area (Å²) >= 11 is 0. The maximum atomic E-state index is 13.5. The summed E-state index contributed by atoms with van der Waals surface area (Å²) in [7, 11) is -3.38. The van der Waals surface area contributed by atoms with Gasteiger partial charge in [0.05, 0.1) is 16.9 Å². The van der Waals surface area contributed by atoms with Crippen molar-refractivity contribution in [3.8, 4) is 0 Å². The lowest BCUT2D eigenvalue weighted by atomic mass is 10.1. The van der Waals surface area contributed by atoms with E-state index in [1.807, 2.05) is 0 Å². The highest BCUT2D eigenvalue weighted by Crippen LogP contribution is 2.30. The van der Waals surface area contributed by atoms with E-state index in [1.165, 1.54) is 6.92 Å². The fourth-order valence-electron chi connectivity index (χ4n) is 1.67. The molecule has 1 atom stereocenters. The maximum absolute atomic E-state index is 13.5. The number of sulfone groups is 1. The molecule has 1 rings (SSSR count). The van der Waals surface area contributed by atoms with Crippen LogP contribution < -0.4 is 5.32 Å². The van der Waals surface area contributed by atoms with Crippen LogP contribution >= 0.6 is 0 Å². The molecule has 0 spiro atoms. The third kappa shape index (κ3) is 5.33. The number of benzene rings is 1. The summed E-state index contributed by atoms with van der Waals surface area (Å²) in [5, 5.41) is 2.15. The van der Waals surface area contributed by atoms with Crippen molar-refractivity contribution in [2.45, 2.75) is 19.1 Å². The van der Waals surface area contributed by atoms with Crippen LogP contribution in [0.15, 0.2) is 18.2 Å². The molecule has 21 heavy (non-hydrogen) atoms. The number of nitrogens with one attached hydrogen (secondary N) is 1. The van der Waals surface area contributed by atoms with E-state index in [0.29, 0.717) is 18.2 Å². The van der Waals surface area contributed by atoms with E-state index < -0.39 is 50.7 Å². The smallest absolute Gasteiger partial charge is 0.348 e. The Hall–Kier alpha value is -1.64. The maximum Gasteiger partial charge on any atom is 0.416 e. The molecule has 1 amide bonds. The molecular formula is C12H13F4NO3S. The van der Waals surface area contributed by atoms with Crippen LogP contribution in [0, 0.1) is 5.82 Å². The monoisotopic (exact) mass is 327 g/mol. The minimum Gasteiger partial charge on any atom is -0.348 e. The van der Waals surface area contributed by atoms with Gasteiger partial charge in [0.25, 0.3) is 5.91 Å². The number of halogens is 4. The Morgan fingerprint density at radius 1 is 1.33 bits per heavy atom. The lowest BCUT2D eigenvalue weighted by Crippen LogP contribution is -2.37. The predicted octanol–water partition coefficient (Wildman–Crippen LogP) is 2.01. The lowest BCUT2D eigenvalue weighted by Gasteiger charge is -2.14. The predicted molar refractivity (Wildman–Crippen MR) is 68.0 cm³/mol. The molecule has 0 aliphatic heterocycles. The first-order valence-electron chi connectivity index (χ1n) is 5.75. The molecule has 0 saturated carbocycles. The Labute approximate surface area is 119 Å². The number of amides is 1. The number of hydrogen-bond donors (Lipinski definition) is 1. The molecule has 0 aliphatic rings. The fraction of sp³-hybridized carbons (Fsp3) is 0.417. The molecule has 1 unspecified atom stereocenters. The molecule has 1 aromatic carbocycles. The molecule has 0 heterocycles. The van der Waals surface area contributed by atoms with E-state index in [4.69, 9.17) is 0 Å². The first-order chi connectivity index (χ1) is 9.40. The Balaban J connectivity index is 2.97. The van der Waals surface area contributed by atoms with Gasteiger partial charge in [-0.15, -0.1) is 0 Å². The van der Waals surface area contributed by atoms with E-state index >= 15 is 0 Å². The average molecular weight is 327 g/mol. The van der Waals surface area contributed by atoms with Gasteiger partial charge in [0.15, 0.2) is 0 Å². The Bertz CT molecular complexity index is 640. The van der Waals surface area contributed by atoms with E-state index in [-0.39, 0.29) is 0 Å². The standard InChI is InChI=1S/C12H13F4NO3S/c1-7(6-21(2,19)20)17-11(18)9-5-8(12(14,15)16)3-4-10(9)13/h3-5,7H,6H2,1-2H3,(H,17,18). The first-order valence-corrected chi connectivity index (χ1v) is 7.81.